The predicted molar refractivity (Wildman–Crippen MR) is 140 cm³/mol. The minimum atomic E-state index is -0.496. The first kappa shape index (κ1) is 24.7. The lowest BCUT2D eigenvalue weighted by atomic mass is 9.74. The van der Waals surface area contributed by atoms with Crippen molar-refractivity contribution in [1.29, 1.82) is 0 Å². The second-order valence-electron chi connectivity index (χ2n) is 9.08. The fourth-order valence-corrected chi connectivity index (χ4v) is 7.43. The van der Waals surface area contributed by atoms with Crippen LogP contribution in [0.2, 0.25) is 10.0 Å². The Morgan fingerprint density at radius 1 is 1.21 bits per heavy atom. The van der Waals surface area contributed by atoms with Crippen LogP contribution in [0.1, 0.15) is 49.3 Å². The van der Waals surface area contributed by atoms with E-state index in [-0.39, 0.29) is 23.7 Å². The molecule has 2 aromatic rings. The summed E-state index contributed by atoms with van der Waals surface area (Å²) in [5, 5.41) is 2.14. The molecule has 1 aliphatic carbocycles. The molecular weight excluding hydrogens is 473 g/mol. The fourth-order valence-electron chi connectivity index (χ4n) is 5.55. The number of halogens is 2. The topological polar surface area (TPSA) is 29.5 Å². The maximum atomic E-state index is 13.4. The Morgan fingerprint density at radius 2 is 1.97 bits per heavy atom. The Kier molecular flexibility index (Phi) is 7.80. The summed E-state index contributed by atoms with van der Waals surface area (Å²) in [6, 6.07) is 14.5. The van der Waals surface area contributed by atoms with Crippen LogP contribution in [0, 0.1) is 0 Å². The number of hydrogen-bond donors (Lipinski definition) is 0. The van der Waals surface area contributed by atoms with Crippen LogP contribution in [0.25, 0.3) is 0 Å². The first-order valence-electron chi connectivity index (χ1n) is 11.6. The number of carbonyl (C=O) groups excluding carboxylic acids is 1. The van der Waals surface area contributed by atoms with Crippen molar-refractivity contribution >= 4 is 40.9 Å². The molecule has 3 atom stereocenters. The van der Waals surface area contributed by atoms with Gasteiger partial charge in [-0.25, -0.2) is 0 Å². The van der Waals surface area contributed by atoms with Crippen LogP contribution >= 0.6 is 35.0 Å². The van der Waals surface area contributed by atoms with E-state index in [9.17, 15) is 4.79 Å². The van der Waals surface area contributed by atoms with E-state index in [1.165, 1.54) is 5.56 Å². The maximum absolute atomic E-state index is 13.4. The number of carbonyl (C=O) groups is 1. The standard InChI is InChI=1S/C27H31Cl2NO2S/c1-4-5-20-16-21(8-12-24(20)29)27(30-14-15-32-17-26(30)31)23(11-13-25(27)33-18(2)3)19-6-9-22(28)10-7-19/h4,6-10,12,16,18,23,25H,1,5,11,13-15,17H2,2-3H3/t23?,25-,27+/m1/s1. The first-order valence-corrected chi connectivity index (χ1v) is 13.3. The van der Waals surface area contributed by atoms with Crippen LogP contribution in [0.4, 0.5) is 0 Å². The van der Waals surface area contributed by atoms with E-state index in [1.807, 2.05) is 36.0 Å². The summed E-state index contributed by atoms with van der Waals surface area (Å²) in [5.41, 5.74) is 2.91. The molecule has 2 aliphatic rings. The Morgan fingerprint density at radius 3 is 2.64 bits per heavy atom. The summed E-state index contributed by atoms with van der Waals surface area (Å²) >= 11 is 14.8. The number of morpholine rings is 1. The molecule has 1 aliphatic heterocycles. The molecule has 176 valence electrons. The van der Waals surface area contributed by atoms with Crippen molar-refractivity contribution in [2.24, 2.45) is 0 Å². The van der Waals surface area contributed by atoms with Gasteiger partial charge in [0.05, 0.1) is 12.1 Å². The Hall–Kier alpha value is -1.46. The normalized spacial score (nSPS) is 25.6. The maximum Gasteiger partial charge on any atom is 0.249 e. The van der Waals surface area contributed by atoms with Crippen LogP contribution in [-0.4, -0.2) is 41.1 Å². The molecule has 1 unspecified atom stereocenters. The number of hydrogen-bond acceptors (Lipinski definition) is 3. The SMILES string of the molecule is C=CCc1cc([C@]2(N3CCOCC3=O)C(c3ccc(Cl)cc3)CC[C@H]2SC(C)C)ccc1Cl. The zero-order valence-corrected chi connectivity index (χ0v) is 21.6. The van der Waals surface area contributed by atoms with Crippen molar-refractivity contribution in [2.75, 3.05) is 19.8 Å². The minimum Gasteiger partial charge on any atom is -0.370 e. The highest BCUT2D eigenvalue weighted by molar-refractivity contribution is 8.00. The molecule has 0 bridgehead atoms. The lowest BCUT2D eigenvalue weighted by molar-refractivity contribution is -0.152. The zero-order chi connectivity index (χ0) is 23.6. The lowest BCUT2D eigenvalue weighted by Crippen LogP contribution is -2.59. The smallest absolute Gasteiger partial charge is 0.249 e. The summed E-state index contributed by atoms with van der Waals surface area (Å²) in [4.78, 5) is 15.5. The summed E-state index contributed by atoms with van der Waals surface area (Å²) in [6.45, 7) is 9.63. The highest BCUT2D eigenvalue weighted by atomic mass is 35.5. The summed E-state index contributed by atoms with van der Waals surface area (Å²) in [5.74, 6) is 0.197. The van der Waals surface area contributed by atoms with Crippen molar-refractivity contribution in [3.05, 3.63) is 81.9 Å². The van der Waals surface area contributed by atoms with Gasteiger partial charge < -0.3 is 9.64 Å². The summed E-state index contributed by atoms with van der Waals surface area (Å²) in [7, 11) is 0. The minimum absolute atomic E-state index is 0.0525. The fraction of sp³-hybridized carbons (Fsp3) is 0.444. The number of ether oxygens (including phenoxy) is 1. The molecule has 1 heterocycles. The third-order valence-corrected chi connectivity index (χ3v) is 8.84. The number of nitrogens with zero attached hydrogens (tertiary/aromatic N) is 1. The van der Waals surface area contributed by atoms with Gasteiger partial charge >= 0.3 is 0 Å². The molecule has 0 radical (unpaired) electrons. The Bertz CT molecular complexity index is 1010. The molecule has 6 heteroatoms. The first-order chi connectivity index (χ1) is 15.9. The van der Waals surface area contributed by atoms with Crippen LogP contribution in [-0.2, 0) is 21.5 Å². The molecular formula is C27H31Cl2NO2S. The van der Waals surface area contributed by atoms with Gasteiger partial charge in [0.15, 0.2) is 0 Å². The van der Waals surface area contributed by atoms with Crippen molar-refractivity contribution < 1.29 is 9.53 Å². The number of benzene rings is 2. The van der Waals surface area contributed by atoms with Crippen LogP contribution in [0.15, 0.2) is 55.1 Å². The van der Waals surface area contributed by atoms with Gasteiger partial charge in [-0.15, -0.1) is 6.58 Å². The summed E-state index contributed by atoms with van der Waals surface area (Å²) in [6.07, 6.45) is 4.59. The zero-order valence-electron chi connectivity index (χ0n) is 19.2. The van der Waals surface area contributed by atoms with E-state index in [0.717, 1.165) is 34.0 Å². The third kappa shape index (κ3) is 4.73. The quantitative estimate of drug-likeness (QED) is 0.386. The van der Waals surface area contributed by atoms with E-state index in [2.05, 4.69) is 49.6 Å². The van der Waals surface area contributed by atoms with Gasteiger partial charge in [0.1, 0.15) is 6.61 Å². The van der Waals surface area contributed by atoms with E-state index < -0.39 is 5.54 Å². The highest BCUT2D eigenvalue weighted by Gasteiger charge is 2.57. The molecule has 0 spiro atoms. The van der Waals surface area contributed by atoms with Crippen LogP contribution in [0.3, 0.4) is 0 Å². The molecule has 4 rings (SSSR count). The van der Waals surface area contributed by atoms with Gasteiger partial charge in [0.2, 0.25) is 5.91 Å². The largest absolute Gasteiger partial charge is 0.370 e. The van der Waals surface area contributed by atoms with Crippen molar-refractivity contribution in [2.45, 2.75) is 55.1 Å². The van der Waals surface area contributed by atoms with E-state index in [0.29, 0.717) is 24.8 Å². The summed E-state index contributed by atoms with van der Waals surface area (Å²) < 4.78 is 5.56. The molecule has 3 nitrogen and oxygen atoms in total. The second kappa shape index (κ2) is 10.4. The van der Waals surface area contributed by atoms with Crippen molar-refractivity contribution in [3.8, 4) is 0 Å². The Labute approximate surface area is 211 Å². The molecule has 2 fully saturated rings. The van der Waals surface area contributed by atoms with E-state index in [4.69, 9.17) is 27.9 Å². The molecule has 33 heavy (non-hydrogen) atoms. The molecule has 1 saturated carbocycles. The van der Waals surface area contributed by atoms with Gasteiger partial charge in [-0.3, -0.25) is 4.79 Å². The average Bonchev–Trinajstić information content (AvgIpc) is 3.15. The van der Waals surface area contributed by atoms with Crippen LogP contribution in [0.5, 0.6) is 0 Å². The average molecular weight is 505 g/mol. The van der Waals surface area contributed by atoms with Crippen molar-refractivity contribution in [1.82, 2.24) is 4.90 Å². The van der Waals surface area contributed by atoms with Crippen LogP contribution < -0.4 is 0 Å². The molecule has 0 aromatic heterocycles. The monoisotopic (exact) mass is 503 g/mol. The van der Waals surface area contributed by atoms with E-state index >= 15 is 0 Å². The predicted octanol–water partition coefficient (Wildman–Crippen LogP) is 6.86. The van der Waals surface area contributed by atoms with Gasteiger partial charge in [-0.05, 0) is 59.4 Å². The van der Waals surface area contributed by atoms with Gasteiger partial charge in [0.25, 0.3) is 0 Å². The Balaban J connectivity index is 1.97. The number of thioether (sulfide) groups is 1. The second-order valence-corrected chi connectivity index (χ2v) is 11.7. The number of allylic oxidation sites excluding steroid dienone is 1. The third-order valence-electron chi connectivity index (χ3n) is 6.75. The number of rotatable bonds is 7. The van der Waals surface area contributed by atoms with Gasteiger partial charge in [-0.2, -0.15) is 11.8 Å². The van der Waals surface area contributed by atoms with Gasteiger partial charge in [-0.1, -0.05) is 67.4 Å². The van der Waals surface area contributed by atoms with Gasteiger partial charge in [0, 0.05) is 27.8 Å². The number of amides is 1. The molecule has 0 N–H and O–H groups in total. The van der Waals surface area contributed by atoms with E-state index in [1.54, 1.807) is 0 Å². The van der Waals surface area contributed by atoms with Crippen molar-refractivity contribution in [3.63, 3.8) is 0 Å². The lowest BCUT2D eigenvalue weighted by Gasteiger charge is -2.51. The molecule has 1 amide bonds. The highest BCUT2D eigenvalue weighted by Crippen LogP contribution is 2.58. The molecule has 1 saturated heterocycles. The molecule has 2 aromatic carbocycles.